The Morgan fingerprint density at radius 2 is 1.50 bits per heavy atom. The number of fused-ring (bicyclic) bond motifs is 1. The van der Waals surface area contributed by atoms with Crippen LogP contribution >= 0.6 is 11.8 Å². The van der Waals surface area contributed by atoms with E-state index in [9.17, 15) is 4.39 Å². The van der Waals surface area contributed by atoms with E-state index in [0.29, 0.717) is 4.90 Å². The number of hydrogen-bond acceptors (Lipinski definition) is 1. The molecule has 0 atom stereocenters. The fourth-order valence-corrected chi connectivity index (χ4v) is 4.54. The summed E-state index contributed by atoms with van der Waals surface area (Å²) in [4.78, 5) is 1.73. The molecular formula is C26H25FINS. The number of aromatic nitrogens is 1. The predicted molar refractivity (Wildman–Crippen MR) is 119 cm³/mol. The maximum atomic E-state index is 14.1. The van der Waals surface area contributed by atoms with Crippen molar-refractivity contribution in [3.05, 3.63) is 103 Å². The second-order valence-corrected chi connectivity index (χ2v) is 8.37. The Hall–Kier alpha value is -1.92. The van der Waals surface area contributed by atoms with Gasteiger partial charge in [0.05, 0.1) is 4.90 Å². The molecule has 4 aromatic rings. The first-order chi connectivity index (χ1) is 14.3. The molecule has 0 saturated carbocycles. The molecule has 154 valence electrons. The van der Waals surface area contributed by atoms with Crippen LogP contribution in [0, 0.1) is 5.82 Å². The van der Waals surface area contributed by atoms with Crippen LogP contribution in [0.1, 0.15) is 24.8 Å². The molecule has 30 heavy (non-hydrogen) atoms. The lowest BCUT2D eigenvalue weighted by molar-refractivity contribution is -0.673. The lowest BCUT2D eigenvalue weighted by atomic mass is 10.1. The normalized spacial score (nSPS) is 10.7. The van der Waals surface area contributed by atoms with Crippen molar-refractivity contribution in [3.8, 4) is 0 Å². The van der Waals surface area contributed by atoms with Crippen molar-refractivity contribution < 1.29 is 32.9 Å². The van der Waals surface area contributed by atoms with Crippen LogP contribution in [0.4, 0.5) is 4.39 Å². The molecule has 4 heteroatoms. The largest absolute Gasteiger partial charge is 1.00 e. The van der Waals surface area contributed by atoms with Crippen LogP contribution in [-0.2, 0) is 13.0 Å². The summed E-state index contributed by atoms with van der Waals surface area (Å²) in [6, 6.07) is 28.2. The third-order valence-electron chi connectivity index (χ3n) is 5.10. The fourth-order valence-electron chi connectivity index (χ4n) is 3.61. The molecule has 0 spiro atoms. The topological polar surface area (TPSA) is 3.88 Å². The number of nitrogens with zero attached hydrogens (tertiary/aromatic N) is 1. The zero-order chi connectivity index (χ0) is 19.9. The average Bonchev–Trinajstić information content (AvgIpc) is 2.76. The highest BCUT2D eigenvalue weighted by Crippen LogP contribution is 2.30. The summed E-state index contributed by atoms with van der Waals surface area (Å²) in [5.74, 6) is -0.168. The van der Waals surface area contributed by atoms with Crippen LogP contribution in [0.25, 0.3) is 10.9 Å². The van der Waals surface area contributed by atoms with Crippen LogP contribution < -0.4 is 28.5 Å². The second-order valence-electron chi connectivity index (χ2n) is 7.26. The quantitative estimate of drug-likeness (QED) is 0.191. The third kappa shape index (κ3) is 6.05. The van der Waals surface area contributed by atoms with Gasteiger partial charge in [-0.1, -0.05) is 66.4 Å². The molecule has 4 rings (SSSR count). The number of para-hydroxylation sites is 1. The Morgan fingerprint density at radius 3 is 2.33 bits per heavy atom. The summed E-state index contributed by atoms with van der Waals surface area (Å²) < 4.78 is 16.4. The van der Waals surface area contributed by atoms with Gasteiger partial charge in [-0.25, -0.2) is 4.39 Å². The van der Waals surface area contributed by atoms with Gasteiger partial charge >= 0.3 is 0 Å². The highest BCUT2D eigenvalue weighted by atomic mass is 127. The zero-order valence-corrected chi connectivity index (χ0v) is 19.8. The lowest BCUT2D eigenvalue weighted by Crippen LogP contribution is -3.00. The Bertz CT molecular complexity index is 1080. The van der Waals surface area contributed by atoms with Gasteiger partial charge < -0.3 is 24.0 Å². The van der Waals surface area contributed by atoms with Crippen LogP contribution in [0.5, 0.6) is 0 Å². The highest BCUT2D eigenvalue weighted by molar-refractivity contribution is 7.99. The summed E-state index contributed by atoms with van der Waals surface area (Å²) >= 11 is 1.49. The molecule has 0 saturated heterocycles. The van der Waals surface area contributed by atoms with E-state index in [0.717, 1.165) is 24.3 Å². The molecule has 1 aromatic heterocycles. The van der Waals surface area contributed by atoms with E-state index in [4.69, 9.17) is 0 Å². The molecule has 3 aromatic carbocycles. The SMILES string of the molecule is Fc1ccccc1Sc1cc2ccccc2[n+](CCCCCc2ccccc2)c1.[I-]. The van der Waals surface area contributed by atoms with E-state index in [-0.39, 0.29) is 29.8 Å². The summed E-state index contributed by atoms with van der Waals surface area (Å²) in [6.45, 7) is 0.973. The van der Waals surface area contributed by atoms with Gasteiger partial charge in [0.1, 0.15) is 12.4 Å². The molecule has 0 fully saturated rings. The summed E-state index contributed by atoms with van der Waals surface area (Å²) in [5, 5.41) is 1.19. The number of unbranched alkanes of at least 4 members (excludes halogenated alkanes) is 2. The van der Waals surface area contributed by atoms with E-state index >= 15 is 0 Å². The van der Waals surface area contributed by atoms with Gasteiger partial charge in [-0.3, -0.25) is 0 Å². The maximum absolute atomic E-state index is 14.1. The Morgan fingerprint density at radius 1 is 0.767 bits per heavy atom. The van der Waals surface area contributed by atoms with Gasteiger partial charge in [-0.2, -0.15) is 4.57 Å². The minimum Gasteiger partial charge on any atom is -1.00 e. The van der Waals surface area contributed by atoms with Crippen molar-refractivity contribution in [2.75, 3.05) is 0 Å². The van der Waals surface area contributed by atoms with Crippen molar-refractivity contribution in [3.63, 3.8) is 0 Å². The van der Waals surface area contributed by atoms with E-state index in [1.165, 1.54) is 47.1 Å². The first-order valence-electron chi connectivity index (χ1n) is 10.2. The predicted octanol–water partition coefficient (Wildman–Crippen LogP) is 3.83. The number of aryl methyl sites for hydroxylation is 2. The van der Waals surface area contributed by atoms with Crippen molar-refractivity contribution in [2.24, 2.45) is 0 Å². The number of hydrogen-bond donors (Lipinski definition) is 0. The Labute approximate surface area is 199 Å². The monoisotopic (exact) mass is 529 g/mol. The van der Waals surface area contributed by atoms with Crippen molar-refractivity contribution in [2.45, 2.75) is 42.0 Å². The van der Waals surface area contributed by atoms with Crippen LogP contribution in [0.3, 0.4) is 0 Å². The van der Waals surface area contributed by atoms with E-state index < -0.39 is 0 Å². The van der Waals surface area contributed by atoms with Crippen molar-refractivity contribution in [1.29, 1.82) is 0 Å². The van der Waals surface area contributed by atoms with Gasteiger partial charge in [0.2, 0.25) is 5.52 Å². The van der Waals surface area contributed by atoms with E-state index in [1.807, 2.05) is 12.1 Å². The smallest absolute Gasteiger partial charge is 0.212 e. The maximum Gasteiger partial charge on any atom is 0.212 e. The minimum absolute atomic E-state index is 0. The summed E-state index contributed by atoms with van der Waals surface area (Å²) in [5.41, 5.74) is 2.64. The number of benzene rings is 3. The van der Waals surface area contributed by atoms with Gasteiger partial charge in [0, 0.05) is 22.8 Å². The van der Waals surface area contributed by atoms with Gasteiger partial charge in [-0.05, 0) is 49.1 Å². The van der Waals surface area contributed by atoms with Gasteiger partial charge in [0.25, 0.3) is 0 Å². The first kappa shape index (κ1) is 22.8. The molecular weight excluding hydrogens is 504 g/mol. The molecule has 1 heterocycles. The van der Waals surface area contributed by atoms with Gasteiger partial charge in [0.15, 0.2) is 6.20 Å². The molecule has 0 unspecified atom stereocenters. The summed E-state index contributed by atoms with van der Waals surface area (Å²) in [6.07, 6.45) is 6.83. The molecule has 0 bridgehead atoms. The highest BCUT2D eigenvalue weighted by Gasteiger charge is 2.13. The summed E-state index contributed by atoms with van der Waals surface area (Å²) in [7, 11) is 0. The first-order valence-corrected chi connectivity index (χ1v) is 11.0. The molecule has 0 amide bonds. The fraction of sp³-hybridized carbons (Fsp3) is 0.192. The number of halogens is 2. The zero-order valence-electron chi connectivity index (χ0n) is 16.8. The average molecular weight is 529 g/mol. The molecule has 1 nitrogen and oxygen atoms in total. The van der Waals surface area contributed by atoms with Crippen molar-refractivity contribution >= 4 is 22.7 Å². The van der Waals surface area contributed by atoms with Crippen LogP contribution in [0.2, 0.25) is 0 Å². The standard InChI is InChI=1S/C26H25FNS.HI/c27-24-15-7-9-17-26(24)29-23-19-22-14-6-8-16-25(22)28(20-23)18-10-2-5-13-21-11-3-1-4-12-21;/h1,3-4,6-9,11-12,14-17,19-20H,2,5,10,13,18H2;1H/q+1;/p-1. The molecule has 0 aliphatic carbocycles. The molecule has 0 aliphatic rings. The minimum atomic E-state index is -0.168. The number of rotatable bonds is 8. The Kier molecular flexibility index (Phi) is 8.70. The molecule has 0 N–H and O–H groups in total. The van der Waals surface area contributed by atoms with E-state index in [2.05, 4.69) is 71.4 Å². The van der Waals surface area contributed by atoms with E-state index in [1.54, 1.807) is 6.07 Å². The second kappa shape index (κ2) is 11.5. The number of pyridine rings is 1. The van der Waals surface area contributed by atoms with Crippen molar-refractivity contribution in [1.82, 2.24) is 0 Å². The Balaban J connectivity index is 0.00000256. The van der Waals surface area contributed by atoms with Gasteiger partial charge in [-0.15, -0.1) is 0 Å². The third-order valence-corrected chi connectivity index (χ3v) is 6.11. The molecule has 0 radical (unpaired) electrons. The van der Waals surface area contributed by atoms with Crippen LogP contribution in [-0.4, -0.2) is 0 Å². The molecule has 0 aliphatic heterocycles. The van der Waals surface area contributed by atoms with Crippen LogP contribution in [0.15, 0.2) is 101 Å². The lowest BCUT2D eigenvalue weighted by Gasteiger charge is -2.07.